The van der Waals surface area contributed by atoms with Crippen molar-refractivity contribution in [2.45, 2.75) is 71.3 Å². The quantitative estimate of drug-likeness (QED) is 0.244. The van der Waals surface area contributed by atoms with Gasteiger partial charge in [-0.05, 0) is 58.7 Å². The third-order valence-electron chi connectivity index (χ3n) is 4.24. The molecule has 0 amide bonds. The van der Waals surface area contributed by atoms with Gasteiger partial charge in [0.1, 0.15) is 0 Å². The van der Waals surface area contributed by atoms with E-state index in [0.29, 0.717) is 6.04 Å². The number of halogens is 1. The number of guanidine groups is 1. The van der Waals surface area contributed by atoms with Crippen LogP contribution in [0.15, 0.2) is 4.99 Å². The minimum Gasteiger partial charge on any atom is -0.356 e. The summed E-state index contributed by atoms with van der Waals surface area (Å²) >= 11 is 0. The van der Waals surface area contributed by atoms with E-state index in [9.17, 15) is 0 Å². The largest absolute Gasteiger partial charge is 0.356 e. The first-order valence-electron chi connectivity index (χ1n) is 8.95. The highest BCUT2D eigenvalue weighted by Crippen LogP contribution is 2.08. The number of aliphatic imine (C=N–C) groups is 1. The summed E-state index contributed by atoms with van der Waals surface area (Å²) < 4.78 is 0. The van der Waals surface area contributed by atoms with E-state index in [1.807, 2.05) is 7.05 Å². The molecule has 0 radical (unpaired) electrons. The second kappa shape index (κ2) is 14.5. The molecule has 0 aromatic heterocycles. The molecule has 1 unspecified atom stereocenters. The minimum absolute atomic E-state index is 0. The zero-order valence-electron chi connectivity index (χ0n) is 14.9. The van der Waals surface area contributed by atoms with E-state index in [-0.39, 0.29) is 24.0 Å². The molecule has 2 N–H and O–H groups in total. The molecule has 0 aromatic carbocycles. The first-order valence-corrected chi connectivity index (χ1v) is 8.95. The second-order valence-electron chi connectivity index (χ2n) is 6.30. The molecule has 132 valence electrons. The average molecular weight is 424 g/mol. The Hall–Kier alpha value is -0.0400. The van der Waals surface area contributed by atoms with Crippen molar-refractivity contribution < 1.29 is 0 Å². The number of unbranched alkanes of at least 4 members (excludes halogenated alkanes) is 3. The van der Waals surface area contributed by atoms with Gasteiger partial charge in [-0.3, -0.25) is 4.99 Å². The summed E-state index contributed by atoms with van der Waals surface area (Å²) in [5.74, 6) is 0.958. The highest BCUT2D eigenvalue weighted by Gasteiger charge is 2.10. The van der Waals surface area contributed by atoms with Gasteiger partial charge >= 0.3 is 0 Å². The predicted molar refractivity (Wildman–Crippen MR) is 108 cm³/mol. The monoisotopic (exact) mass is 424 g/mol. The average Bonchev–Trinajstić information content (AvgIpc) is 2.99. The third kappa shape index (κ3) is 10.6. The minimum atomic E-state index is 0. The topological polar surface area (TPSA) is 39.7 Å². The Kier molecular flexibility index (Phi) is 14.5. The molecule has 1 fully saturated rings. The van der Waals surface area contributed by atoms with E-state index in [1.54, 1.807) is 0 Å². The Morgan fingerprint density at radius 3 is 2.50 bits per heavy atom. The fourth-order valence-electron chi connectivity index (χ4n) is 2.87. The molecule has 1 aliphatic heterocycles. The van der Waals surface area contributed by atoms with Crippen LogP contribution < -0.4 is 10.6 Å². The summed E-state index contributed by atoms with van der Waals surface area (Å²) in [6, 6.07) is 0.507. The van der Waals surface area contributed by atoms with Crippen LogP contribution >= 0.6 is 24.0 Å². The molecule has 5 heteroatoms. The first-order chi connectivity index (χ1) is 10.3. The zero-order valence-corrected chi connectivity index (χ0v) is 17.2. The van der Waals surface area contributed by atoms with Gasteiger partial charge in [0.25, 0.3) is 0 Å². The van der Waals surface area contributed by atoms with E-state index in [0.717, 1.165) is 12.5 Å². The summed E-state index contributed by atoms with van der Waals surface area (Å²) in [5, 5.41) is 6.92. The lowest BCUT2D eigenvalue weighted by Crippen LogP contribution is -2.42. The molecule has 22 heavy (non-hydrogen) atoms. The Balaban J connectivity index is 0.00000441. The number of rotatable bonds is 10. The van der Waals surface area contributed by atoms with Crippen molar-refractivity contribution in [2.75, 3.05) is 33.2 Å². The maximum absolute atomic E-state index is 4.32. The summed E-state index contributed by atoms with van der Waals surface area (Å²) in [5.41, 5.74) is 0. The maximum atomic E-state index is 4.32. The van der Waals surface area contributed by atoms with Crippen molar-refractivity contribution in [3.63, 3.8) is 0 Å². The molecular weight excluding hydrogens is 387 g/mol. The molecule has 0 bridgehead atoms. The predicted octanol–water partition coefficient (Wildman–Crippen LogP) is 3.61. The Morgan fingerprint density at radius 1 is 1.14 bits per heavy atom. The molecular formula is C17H37IN4. The van der Waals surface area contributed by atoms with Crippen LogP contribution in [0.5, 0.6) is 0 Å². The number of hydrogen-bond donors (Lipinski definition) is 2. The molecule has 0 aromatic rings. The fraction of sp³-hybridized carbons (Fsp3) is 0.941. The third-order valence-corrected chi connectivity index (χ3v) is 4.24. The van der Waals surface area contributed by atoms with Gasteiger partial charge in [0, 0.05) is 19.6 Å². The summed E-state index contributed by atoms with van der Waals surface area (Å²) in [4.78, 5) is 6.90. The normalized spacial score (nSPS) is 17.1. The van der Waals surface area contributed by atoms with Crippen molar-refractivity contribution in [3.05, 3.63) is 0 Å². The van der Waals surface area contributed by atoms with Crippen LogP contribution in [0.4, 0.5) is 0 Å². The number of likely N-dealkylation sites (tertiary alicyclic amines) is 1. The van der Waals surface area contributed by atoms with Crippen LogP contribution in [-0.4, -0.2) is 50.1 Å². The van der Waals surface area contributed by atoms with Gasteiger partial charge in [-0.15, -0.1) is 24.0 Å². The van der Waals surface area contributed by atoms with Crippen LogP contribution in [0.1, 0.15) is 65.2 Å². The highest BCUT2D eigenvalue weighted by atomic mass is 127. The van der Waals surface area contributed by atoms with E-state index >= 15 is 0 Å². The van der Waals surface area contributed by atoms with Gasteiger partial charge in [-0.25, -0.2) is 0 Å². The van der Waals surface area contributed by atoms with Crippen LogP contribution in [0.25, 0.3) is 0 Å². The summed E-state index contributed by atoms with van der Waals surface area (Å²) in [6.45, 7) is 9.41. The van der Waals surface area contributed by atoms with Crippen molar-refractivity contribution >= 4 is 29.9 Å². The van der Waals surface area contributed by atoms with Crippen molar-refractivity contribution in [1.82, 2.24) is 15.5 Å². The molecule has 1 heterocycles. The molecule has 1 atom stereocenters. The van der Waals surface area contributed by atoms with Crippen LogP contribution in [0.2, 0.25) is 0 Å². The van der Waals surface area contributed by atoms with Crippen molar-refractivity contribution in [2.24, 2.45) is 4.99 Å². The Labute approximate surface area is 154 Å². The van der Waals surface area contributed by atoms with Gasteiger partial charge < -0.3 is 15.5 Å². The standard InChI is InChI=1S/C17H36N4.HI/c1-4-5-6-11-16(2)20-17(18-3)19-12-7-8-13-21-14-9-10-15-21;/h16H,4-15H2,1-3H3,(H2,18,19,20);1H. The SMILES string of the molecule is CCCCCC(C)NC(=NC)NCCCCN1CCCC1.I. The smallest absolute Gasteiger partial charge is 0.191 e. The van der Waals surface area contributed by atoms with Crippen LogP contribution in [0, 0.1) is 0 Å². The highest BCUT2D eigenvalue weighted by molar-refractivity contribution is 14.0. The number of hydrogen-bond acceptors (Lipinski definition) is 2. The van der Waals surface area contributed by atoms with E-state index in [1.165, 1.54) is 71.0 Å². The first kappa shape index (κ1) is 22.0. The molecule has 4 nitrogen and oxygen atoms in total. The van der Waals surface area contributed by atoms with Gasteiger partial charge in [-0.2, -0.15) is 0 Å². The van der Waals surface area contributed by atoms with Gasteiger partial charge in [-0.1, -0.05) is 26.2 Å². The Bertz CT molecular complexity index is 278. The fourth-order valence-corrected chi connectivity index (χ4v) is 2.87. The lowest BCUT2D eigenvalue weighted by Gasteiger charge is -2.18. The zero-order chi connectivity index (χ0) is 15.3. The van der Waals surface area contributed by atoms with Gasteiger partial charge in [0.05, 0.1) is 0 Å². The molecule has 0 saturated carbocycles. The summed E-state index contributed by atoms with van der Waals surface area (Å²) in [6.07, 6.45) is 10.4. The number of nitrogens with one attached hydrogen (secondary N) is 2. The molecule has 0 spiro atoms. The lowest BCUT2D eigenvalue weighted by molar-refractivity contribution is 0.330. The van der Waals surface area contributed by atoms with E-state index < -0.39 is 0 Å². The van der Waals surface area contributed by atoms with Crippen LogP contribution in [-0.2, 0) is 0 Å². The van der Waals surface area contributed by atoms with Crippen molar-refractivity contribution in [3.8, 4) is 0 Å². The second-order valence-corrected chi connectivity index (χ2v) is 6.30. The summed E-state index contributed by atoms with van der Waals surface area (Å²) in [7, 11) is 1.86. The van der Waals surface area contributed by atoms with E-state index in [2.05, 4.69) is 34.4 Å². The molecule has 1 saturated heterocycles. The molecule has 0 aliphatic carbocycles. The molecule has 1 aliphatic rings. The molecule has 1 rings (SSSR count). The maximum Gasteiger partial charge on any atom is 0.191 e. The van der Waals surface area contributed by atoms with Gasteiger partial charge in [0.15, 0.2) is 5.96 Å². The van der Waals surface area contributed by atoms with Crippen molar-refractivity contribution in [1.29, 1.82) is 0 Å². The van der Waals surface area contributed by atoms with Gasteiger partial charge in [0.2, 0.25) is 0 Å². The number of nitrogens with zero attached hydrogens (tertiary/aromatic N) is 2. The Morgan fingerprint density at radius 2 is 1.86 bits per heavy atom. The van der Waals surface area contributed by atoms with E-state index in [4.69, 9.17) is 0 Å². The van der Waals surface area contributed by atoms with Crippen LogP contribution in [0.3, 0.4) is 0 Å². The lowest BCUT2D eigenvalue weighted by atomic mass is 10.1.